The SMILES string of the molecule is COc1ccc(CCCBr)cc1C(C)C. The highest BCUT2D eigenvalue weighted by Crippen LogP contribution is 2.27. The standard InChI is InChI=1S/C13H19BrO/c1-10(2)12-9-11(5-4-8-14)6-7-13(12)15-3/h6-7,9-10H,4-5,8H2,1-3H3. The molecule has 0 aromatic heterocycles. The number of halogens is 1. The molecule has 15 heavy (non-hydrogen) atoms. The number of hydrogen-bond acceptors (Lipinski definition) is 1. The molecule has 0 N–H and O–H groups in total. The summed E-state index contributed by atoms with van der Waals surface area (Å²) in [6.45, 7) is 4.40. The Bertz CT molecular complexity index is 307. The topological polar surface area (TPSA) is 9.23 Å². The minimum absolute atomic E-state index is 0.517. The summed E-state index contributed by atoms with van der Waals surface area (Å²) < 4.78 is 5.36. The molecule has 0 unspecified atom stereocenters. The Morgan fingerprint density at radius 1 is 1.33 bits per heavy atom. The van der Waals surface area contributed by atoms with Gasteiger partial charge < -0.3 is 4.74 Å². The van der Waals surface area contributed by atoms with Crippen LogP contribution in [0.25, 0.3) is 0 Å². The molecule has 84 valence electrons. The van der Waals surface area contributed by atoms with Gasteiger partial charge in [0.25, 0.3) is 0 Å². The molecule has 0 amide bonds. The molecule has 0 fully saturated rings. The van der Waals surface area contributed by atoms with Gasteiger partial charge in [-0.25, -0.2) is 0 Å². The highest BCUT2D eigenvalue weighted by Gasteiger charge is 2.07. The Kier molecular flexibility index (Phi) is 5.16. The van der Waals surface area contributed by atoms with Crippen LogP contribution in [-0.2, 0) is 6.42 Å². The van der Waals surface area contributed by atoms with Gasteiger partial charge in [0, 0.05) is 5.33 Å². The van der Waals surface area contributed by atoms with Crippen LogP contribution in [0, 0.1) is 0 Å². The maximum atomic E-state index is 5.36. The molecular weight excluding hydrogens is 252 g/mol. The van der Waals surface area contributed by atoms with E-state index >= 15 is 0 Å². The zero-order valence-electron chi connectivity index (χ0n) is 9.72. The molecule has 1 aromatic rings. The zero-order chi connectivity index (χ0) is 11.3. The molecule has 2 heteroatoms. The Balaban J connectivity index is 2.89. The quantitative estimate of drug-likeness (QED) is 0.731. The first kappa shape index (κ1) is 12.6. The van der Waals surface area contributed by atoms with E-state index in [2.05, 4.69) is 48.0 Å². The van der Waals surface area contributed by atoms with E-state index in [9.17, 15) is 0 Å². The third-order valence-corrected chi connectivity index (χ3v) is 3.08. The Morgan fingerprint density at radius 3 is 2.60 bits per heavy atom. The van der Waals surface area contributed by atoms with Crippen LogP contribution in [0.4, 0.5) is 0 Å². The summed E-state index contributed by atoms with van der Waals surface area (Å²) >= 11 is 3.46. The molecular formula is C13H19BrO. The molecule has 0 bridgehead atoms. The summed E-state index contributed by atoms with van der Waals surface area (Å²) in [6.07, 6.45) is 2.32. The molecule has 0 radical (unpaired) electrons. The average molecular weight is 271 g/mol. The summed E-state index contributed by atoms with van der Waals surface area (Å²) in [7, 11) is 1.74. The van der Waals surface area contributed by atoms with E-state index in [4.69, 9.17) is 4.74 Å². The molecule has 0 saturated carbocycles. The number of hydrogen-bond donors (Lipinski definition) is 0. The van der Waals surface area contributed by atoms with Crippen molar-refractivity contribution in [3.8, 4) is 5.75 Å². The average Bonchev–Trinajstić information content (AvgIpc) is 2.25. The van der Waals surface area contributed by atoms with Gasteiger partial charge in [0.2, 0.25) is 0 Å². The molecule has 0 spiro atoms. The van der Waals surface area contributed by atoms with E-state index < -0.39 is 0 Å². The van der Waals surface area contributed by atoms with E-state index in [1.54, 1.807) is 7.11 Å². The molecule has 1 rings (SSSR count). The highest BCUT2D eigenvalue weighted by molar-refractivity contribution is 9.09. The monoisotopic (exact) mass is 270 g/mol. The number of methoxy groups -OCH3 is 1. The van der Waals surface area contributed by atoms with Gasteiger partial charge in [-0.2, -0.15) is 0 Å². The van der Waals surface area contributed by atoms with Crippen LogP contribution in [0.2, 0.25) is 0 Å². The van der Waals surface area contributed by atoms with Gasteiger partial charge in [-0.3, -0.25) is 0 Å². The Hall–Kier alpha value is -0.500. The van der Waals surface area contributed by atoms with Gasteiger partial charge in [-0.05, 0) is 36.0 Å². The van der Waals surface area contributed by atoms with Crippen LogP contribution in [0.15, 0.2) is 18.2 Å². The van der Waals surface area contributed by atoms with E-state index in [1.807, 2.05) is 0 Å². The maximum absolute atomic E-state index is 5.36. The van der Waals surface area contributed by atoms with Crippen LogP contribution in [0.3, 0.4) is 0 Å². The van der Waals surface area contributed by atoms with Crippen molar-refractivity contribution >= 4 is 15.9 Å². The van der Waals surface area contributed by atoms with Gasteiger partial charge in [0.1, 0.15) is 5.75 Å². The van der Waals surface area contributed by atoms with Crippen LogP contribution in [-0.4, -0.2) is 12.4 Å². The molecule has 1 aromatic carbocycles. The lowest BCUT2D eigenvalue weighted by atomic mass is 9.98. The molecule has 0 aliphatic heterocycles. The van der Waals surface area contributed by atoms with Gasteiger partial charge in [0.05, 0.1) is 7.11 Å². The fourth-order valence-electron chi connectivity index (χ4n) is 1.66. The summed E-state index contributed by atoms with van der Waals surface area (Å²) in [5.74, 6) is 1.52. The van der Waals surface area contributed by atoms with E-state index in [0.717, 1.165) is 17.5 Å². The lowest BCUT2D eigenvalue weighted by Gasteiger charge is -2.13. The summed E-state index contributed by atoms with van der Waals surface area (Å²) in [4.78, 5) is 0. The van der Waals surface area contributed by atoms with Gasteiger partial charge in [0.15, 0.2) is 0 Å². The van der Waals surface area contributed by atoms with Crippen LogP contribution >= 0.6 is 15.9 Å². The summed E-state index contributed by atoms with van der Waals surface area (Å²) in [5.41, 5.74) is 2.71. The van der Waals surface area contributed by atoms with E-state index in [-0.39, 0.29) is 0 Å². The van der Waals surface area contributed by atoms with Crippen molar-refractivity contribution in [3.63, 3.8) is 0 Å². The van der Waals surface area contributed by atoms with Gasteiger partial charge >= 0.3 is 0 Å². The summed E-state index contributed by atoms with van der Waals surface area (Å²) in [6, 6.07) is 6.51. The number of ether oxygens (including phenoxy) is 1. The van der Waals surface area contributed by atoms with Crippen molar-refractivity contribution in [1.29, 1.82) is 0 Å². The van der Waals surface area contributed by atoms with Crippen molar-refractivity contribution in [2.24, 2.45) is 0 Å². The maximum Gasteiger partial charge on any atom is 0.122 e. The first-order valence-electron chi connectivity index (χ1n) is 5.41. The molecule has 0 atom stereocenters. The molecule has 0 aliphatic carbocycles. The molecule has 0 saturated heterocycles. The zero-order valence-corrected chi connectivity index (χ0v) is 11.3. The molecule has 0 aliphatic rings. The Morgan fingerprint density at radius 2 is 2.07 bits per heavy atom. The first-order chi connectivity index (χ1) is 7.19. The number of alkyl halides is 1. The largest absolute Gasteiger partial charge is 0.496 e. The normalized spacial score (nSPS) is 10.7. The minimum Gasteiger partial charge on any atom is -0.496 e. The third kappa shape index (κ3) is 3.53. The second-order valence-electron chi connectivity index (χ2n) is 4.02. The van der Waals surface area contributed by atoms with Crippen molar-refractivity contribution < 1.29 is 4.74 Å². The van der Waals surface area contributed by atoms with Crippen LogP contribution < -0.4 is 4.74 Å². The van der Waals surface area contributed by atoms with Crippen LogP contribution in [0.1, 0.15) is 37.3 Å². The predicted molar refractivity (Wildman–Crippen MR) is 69.2 cm³/mol. The lowest BCUT2D eigenvalue weighted by molar-refractivity contribution is 0.407. The molecule has 0 heterocycles. The van der Waals surface area contributed by atoms with Crippen molar-refractivity contribution in [2.75, 3.05) is 12.4 Å². The van der Waals surface area contributed by atoms with Gasteiger partial charge in [-0.1, -0.05) is 41.9 Å². The fourth-order valence-corrected chi connectivity index (χ4v) is 1.94. The number of benzene rings is 1. The fraction of sp³-hybridized carbons (Fsp3) is 0.538. The van der Waals surface area contributed by atoms with E-state index in [0.29, 0.717) is 5.92 Å². The number of rotatable bonds is 5. The van der Waals surface area contributed by atoms with Gasteiger partial charge in [-0.15, -0.1) is 0 Å². The smallest absolute Gasteiger partial charge is 0.122 e. The highest BCUT2D eigenvalue weighted by atomic mass is 79.9. The van der Waals surface area contributed by atoms with Crippen molar-refractivity contribution in [3.05, 3.63) is 29.3 Å². The summed E-state index contributed by atoms with van der Waals surface area (Å²) in [5, 5.41) is 1.07. The molecule has 1 nitrogen and oxygen atoms in total. The van der Waals surface area contributed by atoms with E-state index in [1.165, 1.54) is 17.5 Å². The van der Waals surface area contributed by atoms with Crippen LogP contribution in [0.5, 0.6) is 5.75 Å². The van der Waals surface area contributed by atoms with Crippen molar-refractivity contribution in [2.45, 2.75) is 32.6 Å². The second kappa shape index (κ2) is 6.16. The number of aryl methyl sites for hydroxylation is 1. The minimum atomic E-state index is 0.517. The third-order valence-electron chi connectivity index (χ3n) is 2.52. The predicted octanol–water partition coefficient (Wildman–Crippen LogP) is 4.15. The second-order valence-corrected chi connectivity index (χ2v) is 4.82. The Labute approximate surface area is 101 Å². The van der Waals surface area contributed by atoms with Crippen molar-refractivity contribution in [1.82, 2.24) is 0 Å². The first-order valence-corrected chi connectivity index (χ1v) is 6.54. The lowest BCUT2D eigenvalue weighted by Crippen LogP contribution is -1.96.